The van der Waals surface area contributed by atoms with Crippen molar-refractivity contribution in [3.05, 3.63) is 35.1 Å². The monoisotopic (exact) mass is 270 g/mol. The first-order valence-corrected chi connectivity index (χ1v) is 6.27. The van der Waals surface area contributed by atoms with Crippen molar-refractivity contribution in [2.75, 3.05) is 0 Å². The number of benzene rings is 1. The van der Waals surface area contributed by atoms with Gasteiger partial charge in [-0.2, -0.15) is 15.8 Å². The van der Waals surface area contributed by atoms with E-state index in [0.29, 0.717) is 11.1 Å². The minimum Gasteiger partial charge on any atom is -0.326 e. The van der Waals surface area contributed by atoms with Crippen molar-refractivity contribution >= 4 is 0 Å². The molecule has 5 heteroatoms. The third-order valence-electron chi connectivity index (χ3n) is 3.29. The van der Waals surface area contributed by atoms with Crippen LogP contribution in [0.15, 0.2) is 18.2 Å². The molecule has 20 heavy (non-hydrogen) atoms. The lowest BCUT2D eigenvalue weighted by Gasteiger charge is -2.26. The highest BCUT2D eigenvalue weighted by Gasteiger charge is 2.32. The summed E-state index contributed by atoms with van der Waals surface area (Å²) >= 11 is 0. The van der Waals surface area contributed by atoms with Crippen LogP contribution >= 0.6 is 0 Å². The summed E-state index contributed by atoms with van der Waals surface area (Å²) in [6.45, 7) is 0.169. The van der Waals surface area contributed by atoms with E-state index in [0.717, 1.165) is 0 Å². The Morgan fingerprint density at radius 3 is 2.10 bits per heavy atom. The average molecular weight is 270 g/mol. The SMILES string of the molecule is N#CCCC(C#N)(CCC#N)c1cc(F)cc(CN)c1. The molecule has 0 aliphatic carbocycles. The van der Waals surface area contributed by atoms with Crippen LogP contribution in [0.25, 0.3) is 0 Å². The standard InChI is InChI=1S/C15H15FN4/c16-14-8-12(10-19)7-13(9-14)15(11-20,3-1-5-17)4-2-6-18/h7-9H,1-4,10,19H2. The van der Waals surface area contributed by atoms with Gasteiger partial charge in [0, 0.05) is 19.4 Å². The van der Waals surface area contributed by atoms with Gasteiger partial charge in [-0.3, -0.25) is 0 Å². The second-order valence-electron chi connectivity index (χ2n) is 4.56. The molecular weight excluding hydrogens is 255 g/mol. The fourth-order valence-corrected chi connectivity index (χ4v) is 2.17. The lowest BCUT2D eigenvalue weighted by molar-refractivity contribution is 0.472. The average Bonchev–Trinajstić information content (AvgIpc) is 2.47. The molecule has 0 radical (unpaired) electrons. The van der Waals surface area contributed by atoms with Gasteiger partial charge in [0.15, 0.2) is 0 Å². The maximum Gasteiger partial charge on any atom is 0.123 e. The van der Waals surface area contributed by atoms with E-state index < -0.39 is 11.2 Å². The number of nitrogens with two attached hydrogens (primary N) is 1. The van der Waals surface area contributed by atoms with E-state index in [9.17, 15) is 9.65 Å². The zero-order valence-electron chi connectivity index (χ0n) is 11.1. The van der Waals surface area contributed by atoms with E-state index in [1.165, 1.54) is 12.1 Å². The van der Waals surface area contributed by atoms with Crippen molar-refractivity contribution in [2.45, 2.75) is 37.6 Å². The Labute approximate surface area is 117 Å². The highest BCUT2D eigenvalue weighted by atomic mass is 19.1. The molecule has 1 aromatic carbocycles. The molecule has 1 rings (SSSR count). The van der Waals surface area contributed by atoms with Crippen molar-refractivity contribution in [1.82, 2.24) is 0 Å². The third-order valence-corrected chi connectivity index (χ3v) is 3.29. The Morgan fingerprint density at radius 1 is 1.05 bits per heavy atom. The Bertz CT molecular complexity index is 571. The Hall–Kier alpha value is -2.42. The number of hydrogen-bond acceptors (Lipinski definition) is 4. The molecule has 0 saturated heterocycles. The van der Waals surface area contributed by atoms with E-state index in [1.807, 2.05) is 12.1 Å². The van der Waals surface area contributed by atoms with E-state index >= 15 is 0 Å². The number of hydrogen-bond donors (Lipinski definition) is 1. The molecule has 0 aliphatic rings. The molecule has 0 aliphatic heterocycles. The largest absolute Gasteiger partial charge is 0.326 e. The Balaban J connectivity index is 3.29. The normalized spacial score (nSPS) is 10.3. The van der Waals surface area contributed by atoms with Crippen molar-refractivity contribution < 1.29 is 4.39 Å². The minimum atomic E-state index is -1.02. The summed E-state index contributed by atoms with van der Waals surface area (Å²) in [4.78, 5) is 0. The lowest BCUT2D eigenvalue weighted by atomic mass is 9.74. The third kappa shape index (κ3) is 3.54. The second-order valence-corrected chi connectivity index (χ2v) is 4.56. The van der Waals surface area contributed by atoms with Crippen LogP contribution in [0.4, 0.5) is 4.39 Å². The second kappa shape index (κ2) is 7.24. The molecule has 0 aromatic heterocycles. The van der Waals surface area contributed by atoms with Gasteiger partial charge in [-0.15, -0.1) is 0 Å². The highest BCUT2D eigenvalue weighted by Crippen LogP contribution is 2.34. The summed E-state index contributed by atoms with van der Waals surface area (Å²) in [5.74, 6) is -0.462. The Morgan fingerprint density at radius 2 is 1.65 bits per heavy atom. The number of halogens is 1. The van der Waals surface area contributed by atoms with Crippen LogP contribution in [0.5, 0.6) is 0 Å². The molecule has 0 amide bonds. The van der Waals surface area contributed by atoms with Gasteiger partial charge in [0.05, 0.1) is 23.6 Å². The smallest absolute Gasteiger partial charge is 0.123 e. The van der Waals surface area contributed by atoms with Crippen LogP contribution in [0.3, 0.4) is 0 Å². The number of nitriles is 3. The minimum absolute atomic E-state index is 0.169. The van der Waals surface area contributed by atoms with E-state index in [-0.39, 0.29) is 32.2 Å². The summed E-state index contributed by atoms with van der Waals surface area (Å²) in [6.07, 6.45) is 0.894. The van der Waals surface area contributed by atoms with Crippen LogP contribution in [0.2, 0.25) is 0 Å². The fraction of sp³-hybridized carbons (Fsp3) is 0.400. The zero-order valence-corrected chi connectivity index (χ0v) is 11.1. The molecule has 0 spiro atoms. The van der Waals surface area contributed by atoms with Gasteiger partial charge >= 0.3 is 0 Å². The molecule has 1 aromatic rings. The molecular formula is C15H15FN4. The van der Waals surface area contributed by atoms with Crippen LogP contribution in [-0.2, 0) is 12.0 Å². The Kier molecular flexibility index (Phi) is 5.66. The summed E-state index contributed by atoms with van der Waals surface area (Å²) < 4.78 is 13.6. The summed E-state index contributed by atoms with van der Waals surface area (Å²) in [5, 5.41) is 27.0. The zero-order chi connectivity index (χ0) is 15.0. The number of rotatable bonds is 6. The highest BCUT2D eigenvalue weighted by molar-refractivity contribution is 5.36. The van der Waals surface area contributed by atoms with Gasteiger partial charge < -0.3 is 5.73 Å². The van der Waals surface area contributed by atoms with Crippen molar-refractivity contribution in [1.29, 1.82) is 15.8 Å². The molecule has 0 unspecified atom stereocenters. The molecule has 0 bridgehead atoms. The van der Waals surface area contributed by atoms with Crippen LogP contribution in [0.1, 0.15) is 36.8 Å². The summed E-state index contributed by atoms with van der Waals surface area (Å²) in [5.41, 5.74) is 5.58. The van der Waals surface area contributed by atoms with Crippen molar-refractivity contribution in [2.24, 2.45) is 5.73 Å². The van der Waals surface area contributed by atoms with Gasteiger partial charge in [0.2, 0.25) is 0 Å². The topological polar surface area (TPSA) is 97.4 Å². The number of nitrogens with zero attached hydrogens (tertiary/aromatic N) is 3. The van der Waals surface area contributed by atoms with E-state index in [2.05, 4.69) is 6.07 Å². The van der Waals surface area contributed by atoms with Gasteiger partial charge in [-0.05, 0) is 36.1 Å². The predicted octanol–water partition coefficient (Wildman–Crippen LogP) is 2.65. The maximum atomic E-state index is 13.6. The van der Waals surface area contributed by atoms with Gasteiger partial charge in [-0.25, -0.2) is 4.39 Å². The quantitative estimate of drug-likeness (QED) is 0.859. The maximum absolute atomic E-state index is 13.6. The molecule has 0 heterocycles. The molecule has 4 nitrogen and oxygen atoms in total. The molecule has 0 fully saturated rings. The molecule has 102 valence electrons. The van der Waals surface area contributed by atoms with Crippen LogP contribution in [-0.4, -0.2) is 0 Å². The first-order chi connectivity index (χ1) is 9.61. The van der Waals surface area contributed by atoms with Crippen molar-refractivity contribution in [3.8, 4) is 18.2 Å². The fourth-order valence-electron chi connectivity index (χ4n) is 2.17. The van der Waals surface area contributed by atoms with E-state index in [1.54, 1.807) is 6.07 Å². The summed E-state index contributed by atoms with van der Waals surface area (Å²) in [7, 11) is 0. The molecule has 0 saturated carbocycles. The van der Waals surface area contributed by atoms with Crippen LogP contribution < -0.4 is 5.73 Å². The first kappa shape index (κ1) is 15.6. The van der Waals surface area contributed by atoms with Gasteiger partial charge in [0.1, 0.15) is 5.82 Å². The van der Waals surface area contributed by atoms with E-state index in [4.69, 9.17) is 16.3 Å². The molecule has 0 atom stereocenters. The lowest BCUT2D eigenvalue weighted by Crippen LogP contribution is -2.24. The summed E-state index contributed by atoms with van der Waals surface area (Å²) in [6, 6.07) is 10.4. The first-order valence-electron chi connectivity index (χ1n) is 6.27. The van der Waals surface area contributed by atoms with Gasteiger partial charge in [-0.1, -0.05) is 6.07 Å². The predicted molar refractivity (Wildman–Crippen MR) is 71.3 cm³/mol. The van der Waals surface area contributed by atoms with Crippen LogP contribution in [0, 0.1) is 39.8 Å². The van der Waals surface area contributed by atoms with Crippen molar-refractivity contribution in [3.63, 3.8) is 0 Å². The van der Waals surface area contributed by atoms with Gasteiger partial charge in [0.25, 0.3) is 0 Å². The molecule has 2 N–H and O–H groups in total.